The fourth-order valence-corrected chi connectivity index (χ4v) is 2.14. The zero-order chi connectivity index (χ0) is 17.7. The van der Waals surface area contributed by atoms with Crippen LogP contribution in [0.2, 0.25) is 5.02 Å². The highest BCUT2D eigenvalue weighted by atomic mass is 35.5. The highest BCUT2D eigenvalue weighted by Gasteiger charge is 2.14. The molecule has 0 bridgehead atoms. The second kappa shape index (κ2) is 7.56. The fourth-order valence-electron chi connectivity index (χ4n) is 1.92. The van der Waals surface area contributed by atoms with Gasteiger partial charge < -0.3 is 10.1 Å². The predicted molar refractivity (Wildman–Crippen MR) is 88.2 cm³/mol. The van der Waals surface area contributed by atoms with E-state index in [4.69, 9.17) is 16.3 Å². The van der Waals surface area contributed by atoms with E-state index in [0.29, 0.717) is 5.56 Å². The lowest BCUT2D eigenvalue weighted by Crippen LogP contribution is -2.21. The van der Waals surface area contributed by atoms with Gasteiger partial charge >= 0.3 is 5.97 Å². The van der Waals surface area contributed by atoms with Crippen molar-refractivity contribution in [3.05, 3.63) is 68.7 Å². The molecule has 0 heterocycles. The van der Waals surface area contributed by atoms with Gasteiger partial charge in [0.1, 0.15) is 0 Å². The van der Waals surface area contributed by atoms with Crippen molar-refractivity contribution in [2.24, 2.45) is 0 Å². The summed E-state index contributed by atoms with van der Waals surface area (Å²) in [5.41, 5.74) is 1.11. The molecule has 0 aliphatic heterocycles. The molecular weight excluding hydrogens is 336 g/mol. The number of anilines is 1. The first kappa shape index (κ1) is 17.4. The van der Waals surface area contributed by atoms with Gasteiger partial charge in [-0.2, -0.15) is 0 Å². The van der Waals surface area contributed by atoms with Crippen molar-refractivity contribution in [1.82, 2.24) is 0 Å². The predicted octanol–water partition coefficient (Wildman–Crippen LogP) is 3.35. The molecule has 0 atom stereocenters. The molecule has 0 unspecified atom stereocenters. The topological polar surface area (TPSA) is 98.5 Å². The lowest BCUT2D eigenvalue weighted by Gasteiger charge is -2.09. The van der Waals surface area contributed by atoms with Crippen molar-refractivity contribution >= 4 is 34.9 Å². The van der Waals surface area contributed by atoms with Crippen LogP contribution in [0.5, 0.6) is 0 Å². The second-order valence-corrected chi connectivity index (χ2v) is 5.27. The number of aryl methyl sites for hydroxylation is 1. The summed E-state index contributed by atoms with van der Waals surface area (Å²) < 4.78 is 4.94. The standard InChI is InChI=1S/C16H13ClN2O5/c1-10-4-2-3-5-12(10)16(21)24-9-15(20)18-14-7-6-11(19(22)23)8-13(14)17/h2-8H,9H2,1H3,(H,18,20). The highest BCUT2D eigenvalue weighted by molar-refractivity contribution is 6.34. The molecule has 0 fully saturated rings. The Morgan fingerprint density at radius 1 is 1.25 bits per heavy atom. The summed E-state index contributed by atoms with van der Waals surface area (Å²) in [6, 6.07) is 10.5. The summed E-state index contributed by atoms with van der Waals surface area (Å²) in [4.78, 5) is 33.8. The smallest absolute Gasteiger partial charge is 0.338 e. The van der Waals surface area contributed by atoms with E-state index in [0.717, 1.165) is 11.6 Å². The number of nitrogens with one attached hydrogen (secondary N) is 1. The molecule has 2 aromatic carbocycles. The van der Waals surface area contributed by atoms with Crippen molar-refractivity contribution in [2.45, 2.75) is 6.92 Å². The molecule has 1 amide bonds. The zero-order valence-corrected chi connectivity index (χ0v) is 13.4. The molecule has 0 radical (unpaired) electrons. The van der Waals surface area contributed by atoms with E-state index in [-0.39, 0.29) is 16.4 Å². The van der Waals surface area contributed by atoms with Crippen molar-refractivity contribution in [3.8, 4) is 0 Å². The van der Waals surface area contributed by atoms with Crippen LogP contribution in [-0.2, 0) is 9.53 Å². The number of nitro benzene ring substituents is 1. The third-order valence-corrected chi connectivity index (χ3v) is 3.45. The van der Waals surface area contributed by atoms with Crippen molar-refractivity contribution in [3.63, 3.8) is 0 Å². The Morgan fingerprint density at radius 3 is 2.58 bits per heavy atom. The first-order valence-electron chi connectivity index (χ1n) is 6.85. The average Bonchev–Trinajstić information content (AvgIpc) is 2.54. The van der Waals surface area contributed by atoms with Crippen LogP contribution >= 0.6 is 11.6 Å². The zero-order valence-electron chi connectivity index (χ0n) is 12.6. The van der Waals surface area contributed by atoms with Crippen LogP contribution in [0.15, 0.2) is 42.5 Å². The average molecular weight is 349 g/mol. The number of rotatable bonds is 5. The van der Waals surface area contributed by atoms with E-state index in [1.807, 2.05) is 0 Å². The molecule has 24 heavy (non-hydrogen) atoms. The molecule has 0 spiro atoms. The van der Waals surface area contributed by atoms with E-state index < -0.39 is 23.4 Å². The van der Waals surface area contributed by atoms with E-state index >= 15 is 0 Å². The number of nitro groups is 1. The highest BCUT2D eigenvalue weighted by Crippen LogP contribution is 2.26. The van der Waals surface area contributed by atoms with Gasteiger partial charge in [0.15, 0.2) is 6.61 Å². The largest absolute Gasteiger partial charge is 0.452 e. The first-order valence-corrected chi connectivity index (χ1v) is 7.23. The molecule has 0 saturated heterocycles. The van der Waals surface area contributed by atoms with Gasteiger partial charge in [-0.3, -0.25) is 14.9 Å². The molecule has 0 saturated carbocycles. The molecule has 0 aliphatic carbocycles. The van der Waals surface area contributed by atoms with Crippen LogP contribution in [0.3, 0.4) is 0 Å². The number of ether oxygens (including phenoxy) is 1. The van der Waals surface area contributed by atoms with Gasteiger partial charge in [0.2, 0.25) is 0 Å². The molecule has 7 nitrogen and oxygen atoms in total. The summed E-state index contributed by atoms with van der Waals surface area (Å²) >= 11 is 5.87. The quantitative estimate of drug-likeness (QED) is 0.507. The Labute approximate surface area is 142 Å². The van der Waals surface area contributed by atoms with Gasteiger partial charge in [-0.15, -0.1) is 0 Å². The molecule has 8 heteroatoms. The first-order chi connectivity index (χ1) is 11.4. The lowest BCUT2D eigenvalue weighted by molar-refractivity contribution is -0.384. The summed E-state index contributed by atoms with van der Waals surface area (Å²) in [7, 11) is 0. The summed E-state index contributed by atoms with van der Waals surface area (Å²) in [5.74, 6) is -1.22. The number of hydrogen-bond acceptors (Lipinski definition) is 5. The minimum Gasteiger partial charge on any atom is -0.452 e. The van der Waals surface area contributed by atoms with Gasteiger partial charge in [-0.1, -0.05) is 29.8 Å². The Hall–Kier alpha value is -2.93. The van der Waals surface area contributed by atoms with E-state index in [9.17, 15) is 19.7 Å². The molecule has 1 N–H and O–H groups in total. The third-order valence-electron chi connectivity index (χ3n) is 3.14. The number of benzene rings is 2. The lowest BCUT2D eigenvalue weighted by atomic mass is 10.1. The maximum atomic E-state index is 11.9. The maximum absolute atomic E-state index is 11.9. The Balaban J connectivity index is 1.95. The van der Waals surface area contributed by atoms with E-state index in [1.165, 1.54) is 12.1 Å². The minimum atomic E-state index is -0.613. The van der Waals surface area contributed by atoms with Gasteiger partial charge in [0.05, 0.1) is 21.2 Å². The van der Waals surface area contributed by atoms with Gasteiger partial charge in [0, 0.05) is 12.1 Å². The Bertz CT molecular complexity index is 807. The van der Waals surface area contributed by atoms with E-state index in [2.05, 4.69) is 5.32 Å². The van der Waals surface area contributed by atoms with Crippen LogP contribution in [0.1, 0.15) is 15.9 Å². The number of carbonyl (C=O) groups excluding carboxylic acids is 2. The Morgan fingerprint density at radius 2 is 1.96 bits per heavy atom. The number of amides is 1. The number of nitrogens with zero attached hydrogens (tertiary/aromatic N) is 1. The van der Waals surface area contributed by atoms with Gasteiger partial charge in [-0.25, -0.2) is 4.79 Å². The number of non-ortho nitro benzene ring substituents is 1. The molecule has 124 valence electrons. The van der Waals surface area contributed by atoms with E-state index in [1.54, 1.807) is 31.2 Å². The van der Waals surface area contributed by atoms with Crippen LogP contribution in [0.25, 0.3) is 0 Å². The van der Waals surface area contributed by atoms with Crippen molar-refractivity contribution in [1.29, 1.82) is 0 Å². The van der Waals surface area contributed by atoms with Crippen LogP contribution < -0.4 is 5.32 Å². The van der Waals surface area contributed by atoms with Gasteiger partial charge in [-0.05, 0) is 24.6 Å². The number of halogens is 1. The SMILES string of the molecule is Cc1ccccc1C(=O)OCC(=O)Nc1ccc([N+](=O)[O-])cc1Cl. The normalized spacial score (nSPS) is 10.1. The number of esters is 1. The van der Waals surface area contributed by atoms with Crippen LogP contribution in [0, 0.1) is 17.0 Å². The molecular formula is C16H13ClN2O5. The third kappa shape index (κ3) is 4.30. The number of hydrogen-bond donors (Lipinski definition) is 1. The molecule has 2 rings (SSSR count). The monoisotopic (exact) mass is 348 g/mol. The number of carbonyl (C=O) groups is 2. The van der Waals surface area contributed by atoms with Crippen LogP contribution in [-0.4, -0.2) is 23.4 Å². The second-order valence-electron chi connectivity index (χ2n) is 4.86. The summed E-state index contributed by atoms with van der Waals surface area (Å²) in [5, 5.41) is 13.1. The molecule has 0 aliphatic rings. The summed E-state index contributed by atoms with van der Waals surface area (Å²) in [6.07, 6.45) is 0. The molecule has 0 aromatic heterocycles. The maximum Gasteiger partial charge on any atom is 0.338 e. The van der Waals surface area contributed by atoms with Crippen LogP contribution in [0.4, 0.5) is 11.4 Å². The van der Waals surface area contributed by atoms with Crippen molar-refractivity contribution in [2.75, 3.05) is 11.9 Å². The fraction of sp³-hybridized carbons (Fsp3) is 0.125. The minimum absolute atomic E-state index is 0.0165. The molecule has 2 aromatic rings. The van der Waals surface area contributed by atoms with Gasteiger partial charge in [0.25, 0.3) is 11.6 Å². The summed E-state index contributed by atoms with van der Waals surface area (Å²) in [6.45, 7) is 1.26. The van der Waals surface area contributed by atoms with Crippen molar-refractivity contribution < 1.29 is 19.2 Å². The Kier molecular flexibility index (Phi) is 5.49.